The first-order valence-corrected chi connectivity index (χ1v) is 6.16. The highest BCUT2D eigenvalue weighted by Gasteiger charge is 2.08. The van der Waals surface area contributed by atoms with Crippen molar-refractivity contribution in [1.82, 2.24) is 15.0 Å². The van der Waals surface area contributed by atoms with Crippen LogP contribution >= 0.6 is 11.6 Å². The van der Waals surface area contributed by atoms with Gasteiger partial charge in [-0.25, -0.2) is 10.4 Å². The number of ether oxygens (including phenoxy) is 1. The molecule has 1 aromatic heterocycles. The number of hydrogen-bond acceptors (Lipinski definition) is 4. The molecule has 0 fully saturated rings. The fraction of sp³-hybridized carbons (Fsp3) is 0.154. The summed E-state index contributed by atoms with van der Waals surface area (Å²) in [5.41, 5.74) is 3.75. The van der Waals surface area contributed by atoms with Crippen molar-refractivity contribution >= 4 is 23.7 Å². The third-order valence-corrected chi connectivity index (χ3v) is 2.81. The quantitative estimate of drug-likeness (QED) is 0.692. The number of carbonyl (C=O) groups is 1. The van der Waals surface area contributed by atoms with Gasteiger partial charge >= 0.3 is 0 Å². The molecule has 0 spiro atoms. The normalized spacial score (nSPS) is 10.8. The predicted molar refractivity (Wildman–Crippen MR) is 76.5 cm³/mol. The Morgan fingerprint density at radius 2 is 2.15 bits per heavy atom. The second kappa shape index (κ2) is 6.21. The Morgan fingerprint density at radius 1 is 1.45 bits per heavy atom. The number of rotatable bonds is 4. The van der Waals surface area contributed by atoms with E-state index in [0.29, 0.717) is 10.8 Å². The van der Waals surface area contributed by atoms with Gasteiger partial charge in [-0.15, -0.1) is 0 Å². The molecule has 0 aliphatic heterocycles. The maximum atomic E-state index is 10.8. The van der Waals surface area contributed by atoms with Crippen molar-refractivity contribution in [2.24, 2.45) is 5.10 Å². The summed E-state index contributed by atoms with van der Waals surface area (Å²) in [5.74, 6) is 0.501. The third-order valence-electron chi connectivity index (χ3n) is 2.52. The SMILES string of the molecule is COc1ccc(-n2cnc(Cl)c2/C=N/NC(C)=O)cc1. The third kappa shape index (κ3) is 3.16. The van der Waals surface area contributed by atoms with Crippen LogP contribution in [0.15, 0.2) is 35.7 Å². The molecule has 1 amide bonds. The Morgan fingerprint density at radius 3 is 2.75 bits per heavy atom. The molecule has 20 heavy (non-hydrogen) atoms. The van der Waals surface area contributed by atoms with Crippen molar-refractivity contribution in [3.63, 3.8) is 0 Å². The Labute approximate surface area is 121 Å². The maximum absolute atomic E-state index is 10.8. The van der Waals surface area contributed by atoms with Gasteiger partial charge in [0.05, 0.1) is 13.3 Å². The second-order valence-electron chi connectivity index (χ2n) is 3.91. The molecule has 104 valence electrons. The molecule has 0 aliphatic carbocycles. The van der Waals surface area contributed by atoms with Crippen molar-refractivity contribution in [2.45, 2.75) is 6.92 Å². The molecule has 2 aromatic rings. The number of methoxy groups -OCH3 is 1. The minimum absolute atomic E-state index is 0.257. The Kier molecular flexibility index (Phi) is 4.37. The number of nitrogens with zero attached hydrogens (tertiary/aromatic N) is 3. The van der Waals surface area contributed by atoms with Crippen molar-refractivity contribution < 1.29 is 9.53 Å². The van der Waals surface area contributed by atoms with E-state index in [1.54, 1.807) is 18.0 Å². The van der Waals surface area contributed by atoms with Crippen molar-refractivity contribution in [1.29, 1.82) is 0 Å². The lowest BCUT2D eigenvalue weighted by atomic mass is 10.3. The molecule has 1 aromatic carbocycles. The predicted octanol–water partition coefficient (Wildman–Crippen LogP) is 2.00. The van der Waals surface area contributed by atoms with Crippen LogP contribution in [0, 0.1) is 0 Å². The van der Waals surface area contributed by atoms with Gasteiger partial charge in [0, 0.05) is 12.6 Å². The summed E-state index contributed by atoms with van der Waals surface area (Å²) in [5, 5.41) is 4.10. The highest BCUT2D eigenvalue weighted by molar-refractivity contribution is 6.31. The highest BCUT2D eigenvalue weighted by Crippen LogP contribution is 2.19. The number of hydrazone groups is 1. The standard InChI is InChI=1S/C13H13ClN4O2/c1-9(19)17-16-7-12-13(14)15-8-18(12)10-3-5-11(20-2)6-4-10/h3-8H,1-2H3,(H,17,19)/b16-7+. The topological polar surface area (TPSA) is 68.5 Å². The Balaban J connectivity index is 2.32. The molecule has 0 radical (unpaired) electrons. The molecule has 0 aliphatic rings. The van der Waals surface area contributed by atoms with Gasteiger partial charge in [-0.3, -0.25) is 9.36 Å². The summed E-state index contributed by atoms with van der Waals surface area (Å²) in [7, 11) is 1.61. The van der Waals surface area contributed by atoms with Crippen LogP contribution in [0.1, 0.15) is 12.6 Å². The highest BCUT2D eigenvalue weighted by atomic mass is 35.5. The van der Waals surface area contributed by atoms with E-state index in [9.17, 15) is 4.79 Å². The van der Waals surface area contributed by atoms with Gasteiger partial charge in [-0.05, 0) is 24.3 Å². The monoisotopic (exact) mass is 292 g/mol. The van der Waals surface area contributed by atoms with Crippen LogP contribution in [0.2, 0.25) is 5.15 Å². The molecule has 0 saturated carbocycles. The minimum atomic E-state index is -0.257. The maximum Gasteiger partial charge on any atom is 0.236 e. The van der Waals surface area contributed by atoms with Crippen LogP contribution in [0.4, 0.5) is 0 Å². The van der Waals surface area contributed by atoms with Gasteiger partial charge in [0.25, 0.3) is 0 Å². The molecule has 1 heterocycles. The smallest absolute Gasteiger partial charge is 0.236 e. The lowest BCUT2D eigenvalue weighted by molar-refractivity contribution is -0.118. The molecular formula is C13H13ClN4O2. The number of benzene rings is 1. The first kappa shape index (κ1) is 14.1. The Hall–Kier alpha value is -2.34. The van der Waals surface area contributed by atoms with E-state index in [2.05, 4.69) is 15.5 Å². The Bertz CT molecular complexity index is 634. The zero-order valence-corrected chi connectivity index (χ0v) is 11.8. The number of imidazole rings is 1. The molecule has 2 rings (SSSR count). The fourth-order valence-corrected chi connectivity index (χ4v) is 1.77. The minimum Gasteiger partial charge on any atom is -0.497 e. The number of nitrogens with one attached hydrogen (secondary N) is 1. The number of amides is 1. The summed E-state index contributed by atoms with van der Waals surface area (Å²) in [6.45, 7) is 1.37. The average molecular weight is 293 g/mol. The summed E-state index contributed by atoms with van der Waals surface area (Å²) < 4.78 is 6.86. The molecular weight excluding hydrogens is 280 g/mol. The van der Waals surface area contributed by atoms with Crippen LogP contribution in [0.25, 0.3) is 5.69 Å². The van der Waals surface area contributed by atoms with E-state index in [1.165, 1.54) is 13.1 Å². The molecule has 0 atom stereocenters. The summed E-state index contributed by atoms with van der Waals surface area (Å²) in [6, 6.07) is 7.40. The lowest BCUT2D eigenvalue weighted by Crippen LogP contribution is -2.13. The van der Waals surface area contributed by atoms with E-state index in [0.717, 1.165) is 11.4 Å². The van der Waals surface area contributed by atoms with Crippen molar-refractivity contribution in [2.75, 3.05) is 7.11 Å². The van der Waals surface area contributed by atoms with E-state index < -0.39 is 0 Å². The zero-order valence-electron chi connectivity index (χ0n) is 11.0. The molecule has 0 bridgehead atoms. The van der Waals surface area contributed by atoms with Crippen LogP contribution in [0.3, 0.4) is 0 Å². The van der Waals surface area contributed by atoms with E-state index >= 15 is 0 Å². The van der Waals surface area contributed by atoms with Gasteiger partial charge < -0.3 is 4.74 Å². The number of halogens is 1. The number of carbonyl (C=O) groups excluding carboxylic acids is 1. The molecule has 6 nitrogen and oxygen atoms in total. The van der Waals surface area contributed by atoms with Crippen LogP contribution in [-0.4, -0.2) is 28.8 Å². The van der Waals surface area contributed by atoms with Gasteiger partial charge in [0.2, 0.25) is 5.91 Å². The molecule has 7 heteroatoms. The number of hydrogen-bond donors (Lipinski definition) is 1. The van der Waals surface area contributed by atoms with Crippen LogP contribution in [0.5, 0.6) is 5.75 Å². The molecule has 0 saturated heterocycles. The van der Waals surface area contributed by atoms with Crippen LogP contribution in [-0.2, 0) is 4.79 Å². The van der Waals surface area contributed by atoms with Gasteiger partial charge in [0.1, 0.15) is 17.8 Å². The molecule has 0 unspecified atom stereocenters. The second-order valence-corrected chi connectivity index (χ2v) is 4.27. The fourth-order valence-electron chi connectivity index (χ4n) is 1.58. The van der Waals surface area contributed by atoms with Gasteiger partial charge in [-0.2, -0.15) is 5.10 Å². The van der Waals surface area contributed by atoms with E-state index in [-0.39, 0.29) is 5.91 Å². The molecule has 1 N–H and O–H groups in total. The van der Waals surface area contributed by atoms with Gasteiger partial charge in [-0.1, -0.05) is 11.6 Å². The largest absolute Gasteiger partial charge is 0.497 e. The van der Waals surface area contributed by atoms with Gasteiger partial charge in [0.15, 0.2) is 5.15 Å². The summed E-state index contributed by atoms with van der Waals surface area (Å²) in [6.07, 6.45) is 3.03. The summed E-state index contributed by atoms with van der Waals surface area (Å²) >= 11 is 6.01. The van der Waals surface area contributed by atoms with Crippen LogP contribution < -0.4 is 10.2 Å². The summed E-state index contributed by atoms with van der Waals surface area (Å²) in [4.78, 5) is 14.8. The lowest BCUT2D eigenvalue weighted by Gasteiger charge is -2.06. The zero-order chi connectivity index (χ0) is 14.5. The van der Waals surface area contributed by atoms with E-state index in [4.69, 9.17) is 16.3 Å². The number of aromatic nitrogens is 2. The first-order valence-electron chi connectivity index (χ1n) is 5.78. The van der Waals surface area contributed by atoms with Crippen molar-refractivity contribution in [3.8, 4) is 11.4 Å². The van der Waals surface area contributed by atoms with E-state index in [1.807, 2.05) is 24.3 Å². The average Bonchev–Trinajstić information content (AvgIpc) is 2.80. The first-order chi connectivity index (χ1) is 9.61. The van der Waals surface area contributed by atoms with Crippen molar-refractivity contribution in [3.05, 3.63) is 41.4 Å².